The van der Waals surface area contributed by atoms with Crippen molar-refractivity contribution in [3.8, 4) is 11.3 Å². The predicted octanol–water partition coefficient (Wildman–Crippen LogP) is 4.86. The van der Waals surface area contributed by atoms with Gasteiger partial charge in [0, 0.05) is 25.2 Å². The summed E-state index contributed by atoms with van der Waals surface area (Å²) in [5, 5.41) is 8.09. The lowest BCUT2D eigenvalue weighted by Crippen LogP contribution is -2.43. The number of aromatic nitrogens is 4. The average Bonchev–Trinajstić information content (AvgIpc) is 3.34. The standard InChI is InChI=1S/C29H31F2N7O3/c1-29(2,3)41-28(40)37-13-5-6-19(15-37)38-26-22(25(32)34-16-35-26)24(36-38)18-11-9-17(10-12-18)14-33-27(39)20-7-4-8-21(30)23(20)31/h4,7-12,16,19H,5-6,13-15H2,1-3H3,(H,33,39)(H2,32,34,35)/t19-/m1/s1. The van der Waals surface area contributed by atoms with Gasteiger partial charge in [-0.3, -0.25) is 4.79 Å². The molecule has 2 aromatic heterocycles. The van der Waals surface area contributed by atoms with Gasteiger partial charge in [-0.2, -0.15) is 5.10 Å². The molecule has 0 radical (unpaired) electrons. The van der Waals surface area contributed by atoms with E-state index in [4.69, 9.17) is 15.6 Å². The summed E-state index contributed by atoms with van der Waals surface area (Å²) in [5.74, 6) is -2.70. The number of anilines is 1. The largest absolute Gasteiger partial charge is 0.444 e. The summed E-state index contributed by atoms with van der Waals surface area (Å²) in [6.45, 7) is 6.63. The Morgan fingerprint density at radius 1 is 1.12 bits per heavy atom. The Morgan fingerprint density at radius 3 is 2.61 bits per heavy atom. The predicted molar refractivity (Wildman–Crippen MR) is 149 cm³/mol. The van der Waals surface area contributed by atoms with Gasteiger partial charge in [0.25, 0.3) is 5.91 Å². The monoisotopic (exact) mass is 563 g/mol. The maximum atomic E-state index is 14.0. The molecule has 2 amide bonds. The number of benzene rings is 2. The molecule has 3 heterocycles. The molecule has 0 spiro atoms. The number of carbonyl (C=O) groups is 2. The number of ether oxygens (including phenoxy) is 1. The van der Waals surface area contributed by atoms with E-state index in [9.17, 15) is 18.4 Å². The molecule has 0 aliphatic carbocycles. The maximum Gasteiger partial charge on any atom is 0.410 e. The molecule has 41 heavy (non-hydrogen) atoms. The van der Waals surface area contributed by atoms with Crippen molar-refractivity contribution in [3.63, 3.8) is 0 Å². The number of fused-ring (bicyclic) bond motifs is 1. The van der Waals surface area contributed by atoms with Gasteiger partial charge < -0.3 is 20.7 Å². The molecule has 4 aromatic rings. The molecule has 0 unspecified atom stereocenters. The van der Waals surface area contributed by atoms with Gasteiger partial charge in [0.15, 0.2) is 17.3 Å². The minimum atomic E-state index is -1.19. The smallest absolute Gasteiger partial charge is 0.410 e. The lowest BCUT2D eigenvalue weighted by Gasteiger charge is -2.34. The van der Waals surface area contributed by atoms with Crippen molar-refractivity contribution in [3.05, 3.63) is 71.6 Å². The Hall–Kier alpha value is -4.61. The molecular formula is C29H31F2N7O3. The number of piperidine rings is 1. The zero-order valence-electron chi connectivity index (χ0n) is 23.0. The van der Waals surface area contributed by atoms with E-state index in [2.05, 4.69) is 15.3 Å². The minimum Gasteiger partial charge on any atom is -0.444 e. The number of nitrogens with zero attached hydrogens (tertiary/aromatic N) is 5. The normalized spacial score (nSPS) is 15.6. The van der Waals surface area contributed by atoms with E-state index in [0.29, 0.717) is 29.8 Å². The summed E-state index contributed by atoms with van der Waals surface area (Å²) in [6, 6.07) is 10.6. The van der Waals surface area contributed by atoms with Gasteiger partial charge in [-0.15, -0.1) is 0 Å². The highest BCUT2D eigenvalue weighted by atomic mass is 19.2. The summed E-state index contributed by atoms with van der Waals surface area (Å²) in [6.07, 6.45) is 2.60. The summed E-state index contributed by atoms with van der Waals surface area (Å²) in [7, 11) is 0. The van der Waals surface area contributed by atoms with Crippen LogP contribution in [0.1, 0.15) is 55.6 Å². The topological polar surface area (TPSA) is 128 Å². The SMILES string of the molecule is CC(C)(C)OC(=O)N1CCC[C@@H](n2nc(-c3ccc(CNC(=O)c4cccc(F)c4F)cc3)c3c(N)ncnc32)C1. The fourth-order valence-electron chi connectivity index (χ4n) is 4.84. The van der Waals surface area contributed by atoms with E-state index in [1.165, 1.54) is 18.5 Å². The molecule has 1 aliphatic rings. The Kier molecular flexibility index (Phi) is 7.57. The van der Waals surface area contributed by atoms with Crippen LogP contribution in [0.2, 0.25) is 0 Å². The van der Waals surface area contributed by atoms with Crippen LogP contribution in [0.15, 0.2) is 48.8 Å². The molecule has 1 saturated heterocycles. The molecule has 1 aliphatic heterocycles. The van der Waals surface area contributed by atoms with Crippen LogP contribution < -0.4 is 11.1 Å². The molecule has 10 nitrogen and oxygen atoms in total. The first kappa shape index (κ1) is 27.9. The zero-order chi connectivity index (χ0) is 29.3. The first-order valence-corrected chi connectivity index (χ1v) is 13.3. The van der Waals surface area contributed by atoms with E-state index in [0.717, 1.165) is 30.0 Å². The van der Waals surface area contributed by atoms with Crippen LogP contribution in [-0.2, 0) is 11.3 Å². The second kappa shape index (κ2) is 11.1. The molecule has 3 N–H and O–H groups in total. The number of nitrogen functional groups attached to an aromatic ring is 1. The maximum absolute atomic E-state index is 14.0. The van der Waals surface area contributed by atoms with E-state index >= 15 is 0 Å². The number of hydrogen-bond donors (Lipinski definition) is 2. The first-order valence-electron chi connectivity index (χ1n) is 13.3. The van der Waals surface area contributed by atoms with E-state index in [1.807, 2.05) is 32.9 Å². The van der Waals surface area contributed by atoms with Crippen molar-refractivity contribution in [1.29, 1.82) is 0 Å². The van der Waals surface area contributed by atoms with Crippen molar-refractivity contribution in [1.82, 2.24) is 30.0 Å². The summed E-state index contributed by atoms with van der Waals surface area (Å²) < 4.78 is 34.8. The average molecular weight is 564 g/mol. The van der Waals surface area contributed by atoms with Gasteiger partial charge >= 0.3 is 6.09 Å². The van der Waals surface area contributed by atoms with Crippen molar-refractivity contribution >= 4 is 28.9 Å². The van der Waals surface area contributed by atoms with Crippen molar-refractivity contribution < 1.29 is 23.1 Å². The van der Waals surface area contributed by atoms with E-state index < -0.39 is 23.1 Å². The highest BCUT2D eigenvalue weighted by Crippen LogP contribution is 2.34. The number of halogens is 2. The molecule has 5 rings (SSSR count). The molecule has 0 bridgehead atoms. The lowest BCUT2D eigenvalue weighted by molar-refractivity contribution is 0.0169. The van der Waals surface area contributed by atoms with Gasteiger partial charge in [-0.05, 0) is 51.3 Å². The zero-order valence-corrected chi connectivity index (χ0v) is 23.0. The van der Waals surface area contributed by atoms with Crippen molar-refractivity contribution in [2.75, 3.05) is 18.8 Å². The molecular weight excluding hydrogens is 532 g/mol. The van der Waals surface area contributed by atoms with Crippen molar-refractivity contribution in [2.24, 2.45) is 0 Å². The van der Waals surface area contributed by atoms with E-state index in [1.54, 1.807) is 21.7 Å². The molecule has 0 saturated carbocycles. The highest BCUT2D eigenvalue weighted by Gasteiger charge is 2.31. The third-order valence-electron chi connectivity index (χ3n) is 6.79. The van der Waals surface area contributed by atoms with Gasteiger partial charge in [-0.25, -0.2) is 28.2 Å². The van der Waals surface area contributed by atoms with Crippen LogP contribution in [-0.4, -0.2) is 55.3 Å². The van der Waals surface area contributed by atoms with Crippen LogP contribution in [0, 0.1) is 11.6 Å². The van der Waals surface area contributed by atoms with Gasteiger partial charge in [0.2, 0.25) is 0 Å². The second-order valence-corrected chi connectivity index (χ2v) is 11.0. The van der Waals surface area contributed by atoms with Gasteiger partial charge in [0.1, 0.15) is 23.4 Å². The van der Waals surface area contributed by atoms with Crippen LogP contribution in [0.4, 0.5) is 19.4 Å². The number of nitrogens with two attached hydrogens (primary N) is 1. The third kappa shape index (κ3) is 5.96. The van der Waals surface area contributed by atoms with Crippen LogP contribution in [0.25, 0.3) is 22.3 Å². The van der Waals surface area contributed by atoms with E-state index in [-0.39, 0.29) is 30.1 Å². The summed E-state index contributed by atoms with van der Waals surface area (Å²) in [5.41, 5.74) is 7.97. The first-order chi connectivity index (χ1) is 19.5. The number of carbonyl (C=O) groups excluding carboxylic acids is 2. The Balaban J connectivity index is 1.37. The van der Waals surface area contributed by atoms with Gasteiger partial charge in [0.05, 0.1) is 17.0 Å². The fraction of sp³-hybridized carbons (Fsp3) is 0.345. The Bertz CT molecular complexity index is 1600. The number of amides is 2. The molecule has 1 atom stereocenters. The highest BCUT2D eigenvalue weighted by molar-refractivity contribution is 5.98. The molecule has 2 aromatic carbocycles. The third-order valence-corrected chi connectivity index (χ3v) is 6.79. The summed E-state index contributed by atoms with van der Waals surface area (Å²) in [4.78, 5) is 35.4. The van der Waals surface area contributed by atoms with Crippen LogP contribution in [0.3, 0.4) is 0 Å². The minimum absolute atomic E-state index is 0.109. The van der Waals surface area contributed by atoms with Gasteiger partial charge in [-0.1, -0.05) is 30.3 Å². The number of rotatable bonds is 5. The molecule has 12 heteroatoms. The second-order valence-electron chi connectivity index (χ2n) is 11.0. The van der Waals surface area contributed by atoms with Crippen LogP contribution >= 0.6 is 0 Å². The lowest BCUT2D eigenvalue weighted by atomic mass is 10.1. The Morgan fingerprint density at radius 2 is 1.88 bits per heavy atom. The summed E-state index contributed by atoms with van der Waals surface area (Å²) >= 11 is 0. The van der Waals surface area contributed by atoms with Crippen molar-refractivity contribution in [2.45, 2.75) is 51.8 Å². The fourth-order valence-corrected chi connectivity index (χ4v) is 4.84. The Labute approximate surface area is 235 Å². The van der Waals surface area contributed by atoms with Crippen LogP contribution in [0.5, 0.6) is 0 Å². The number of likely N-dealkylation sites (tertiary alicyclic amines) is 1. The number of nitrogens with one attached hydrogen (secondary N) is 1. The number of hydrogen-bond acceptors (Lipinski definition) is 7. The molecule has 214 valence electrons. The molecule has 1 fully saturated rings. The quantitative estimate of drug-likeness (QED) is 0.355.